The van der Waals surface area contributed by atoms with E-state index in [2.05, 4.69) is 0 Å². The minimum absolute atomic E-state index is 0.149. The fourth-order valence-electron chi connectivity index (χ4n) is 1.49. The first-order valence-electron chi connectivity index (χ1n) is 4.84. The topological polar surface area (TPSA) is 92.2 Å². The van der Waals surface area contributed by atoms with E-state index in [0.717, 1.165) is 35.0 Å². The van der Waals surface area contributed by atoms with Crippen LogP contribution in [0.25, 0.3) is 5.69 Å². The van der Waals surface area contributed by atoms with Gasteiger partial charge in [0.1, 0.15) is 5.82 Å². The number of carboxylic acids is 1. The zero-order chi connectivity index (χ0) is 13.3. The third-order valence-corrected chi connectivity index (χ3v) is 2.27. The van der Waals surface area contributed by atoms with Crippen LogP contribution in [0.3, 0.4) is 0 Å². The first-order chi connectivity index (χ1) is 8.49. The third-order valence-electron chi connectivity index (χ3n) is 2.27. The molecule has 0 bridgehead atoms. The summed E-state index contributed by atoms with van der Waals surface area (Å²) in [6, 6.07) is 3.97. The van der Waals surface area contributed by atoms with Crippen molar-refractivity contribution in [3.63, 3.8) is 0 Å². The average Bonchev–Trinajstić information content (AvgIpc) is 2.28. The molecule has 2 N–H and O–H groups in total. The SMILES string of the molecule is O=C(O)c1ccc(F)cc1-n1ccc(=O)[nH]c1=O. The minimum atomic E-state index is -1.30. The van der Waals surface area contributed by atoms with Crippen LogP contribution in [0.15, 0.2) is 40.1 Å². The molecular weight excluding hydrogens is 243 g/mol. The second kappa shape index (κ2) is 4.28. The highest BCUT2D eigenvalue weighted by Gasteiger charge is 2.13. The lowest BCUT2D eigenvalue weighted by Gasteiger charge is -2.08. The fraction of sp³-hybridized carbons (Fsp3) is 0. The summed E-state index contributed by atoms with van der Waals surface area (Å²) in [4.78, 5) is 35.4. The van der Waals surface area contributed by atoms with Gasteiger partial charge in [-0.3, -0.25) is 14.3 Å². The average molecular weight is 250 g/mol. The van der Waals surface area contributed by atoms with Crippen molar-refractivity contribution in [3.8, 4) is 5.69 Å². The van der Waals surface area contributed by atoms with Crippen molar-refractivity contribution in [1.29, 1.82) is 0 Å². The summed E-state index contributed by atoms with van der Waals surface area (Å²) < 4.78 is 14.0. The van der Waals surface area contributed by atoms with Gasteiger partial charge < -0.3 is 5.11 Å². The maximum atomic E-state index is 13.1. The van der Waals surface area contributed by atoms with E-state index in [9.17, 15) is 18.8 Å². The van der Waals surface area contributed by atoms with Crippen molar-refractivity contribution < 1.29 is 14.3 Å². The molecule has 2 aromatic rings. The zero-order valence-electron chi connectivity index (χ0n) is 8.88. The van der Waals surface area contributed by atoms with Crippen LogP contribution < -0.4 is 11.2 Å². The van der Waals surface area contributed by atoms with Crippen molar-refractivity contribution in [2.45, 2.75) is 0 Å². The van der Waals surface area contributed by atoms with Crippen molar-refractivity contribution in [2.75, 3.05) is 0 Å². The fourth-order valence-corrected chi connectivity index (χ4v) is 1.49. The van der Waals surface area contributed by atoms with Gasteiger partial charge in [0.25, 0.3) is 5.56 Å². The molecule has 0 spiro atoms. The molecule has 0 aliphatic rings. The van der Waals surface area contributed by atoms with E-state index in [-0.39, 0.29) is 11.3 Å². The second-order valence-corrected chi connectivity index (χ2v) is 3.45. The summed E-state index contributed by atoms with van der Waals surface area (Å²) in [5.74, 6) is -1.99. The highest BCUT2D eigenvalue weighted by molar-refractivity contribution is 5.91. The number of benzene rings is 1. The van der Waals surface area contributed by atoms with Gasteiger partial charge in [-0.2, -0.15) is 0 Å². The number of hydrogen-bond donors (Lipinski definition) is 2. The molecule has 6 nitrogen and oxygen atoms in total. The molecule has 0 aliphatic carbocycles. The number of hydrogen-bond acceptors (Lipinski definition) is 3. The van der Waals surface area contributed by atoms with Gasteiger partial charge in [-0.05, 0) is 18.2 Å². The molecule has 1 heterocycles. The molecule has 0 aliphatic heterocycles. The molecule has 0 atom stereocenters. The summed E-state index contributed by atoms with van der Waals surface area (Å²) in [6.45, 7) is 0. The van der Waals surface area contributed by atoms with Gasteiger partial charge in [-0.1, -0.05) is 0 Å². The van der Waals surface area contributed by atoms with Gasteiger partial charge in [0.05, 0.1) is 11.3 Å². The number of aromatic carboxylic acids is 1. The molecule has 92 valence electrons. The standard InChI is InChI=1S/C11H7FN2O4/c12-6-1-2-7(10(16)17)8(5-6)14-4-3-9(15)13-11(14)18/h1-5H,(H,16,17)(H,13,15,18). The van der Waals surface area contributed by atoms with Crippen LogP contribution in [0.1, 0.15) is 10.4 Å². The van der Waals surface area contributed by atoms with Gasteiger partial charge in [0.15, 0.2) is 0 Å². The Bertz CT molecular complexity index is 732. The maximum absolute atomic E-state index is 13.1. The van der Waals surface area contributed by atoms with E-state index in [0.29, 0.717) is 0 Å². The summed E-state index contributed by atoms with van der Waals surface area (Å²) >= 11 is 0. The van der Waals surface area contributed by atoms with Crippen LogP contribution in [-0.4, -0.2) is 20.6 Å². The van der Waals surface area contributed by atoms with E-state index >= 15 is 0 Å². The largest absolute Gasteiger partial charge is 0.478 e. The van der Waals surface area contributed by atoms with Crippen molar-refractivity contribution >= 4 is 5.97 Å². The summed E-state index contributed by atoms with van der Waals surface area (Å²) in [5.41, 5.74) is -1.85. The number of aromatic amines is 1. The monoisotopic (exact) mass is 250 g/mol. The number of H-pyrrole nitrogens is 1. The first-order valence-corrected chi connectivity index (χ1v) is 4.84. The molecule has 7 heteroatoms. The summed E-state index contributed by atoms with van der Waals surface area (Å²) in [6.07, 6.45) is 1.09. The van der Waals surface area contributed by atoms with Gasteiger partial charge in [0.2, 0.25) is 0 Å². The predicted molar refractivity (Wildman–Crippen MR) is 59.6 cm³/mol. The Labute approximate surface area is 98.9 Å². The number of halogens is 1. The molecule has 1 aromatic heterocycles. The van der Waals surface area contributed by atoms with Gasteiger partial charge in [-0.25, -0.2) is 14.0 Å². The normalized spacial score (nSPS) is 10.3. The maximum Gasteiger partial charge on any atom is 0.337 e. The highest BCUT2D eigenvalue weighted by atomic mass is 19.1. The summed E-state index contributed by atoms with van der Waals surface area (Å²) in [5, 5.41) is 8.95. The summed E-state index contributed by atoms with van der Waals surface area (Å²) in [7, 11) is 0. The Kier molecular flexibility index (Phi) is 2.80. The predicted octanol–water partition coefficient (Wildman–Crippen LogP) is 0.363. The zero-order valence-corrected chi connectivity index (χ0v) is 8.88. The smallest absolute Gasteiger partial charge is 0.337 e. The number of aromatic nitrogens is 2. The quantitative estimate of drug-likeness (QED) is 0.805. The van der Waals surface area contributed by atoms with Gasteiger partial charge in [-0.15, -0.1) is 0 Å². The lowest BCUT2D eigenvalue weighted by molar-refractivity contribution is 0.0697. The van der Waals surface area contributed by atoms with Gasteiger partial charge in [0, 0.05) is 12.3 Å². The van der Waals surface area contributed by atoms with E-state index in [1.807, 2.05) is 4.98 Å². The molecule has 0 amide bonds. The van der Waals surface area contributed by atoms with Crippen LogP contribution in [0.5, 0.6) is 0 Å². The Hall–Kier alpha value is -2.70. The molecule has 0 radical (unpaired) electrons. The number of carboxylic acid groups (broad SMARTS) is 1. The molecular formula is C11H7FN2O4. The van der Waals surface area contributed by atoms with Crippen LogP contribution >= 0.6 is 0 Å². The van der Waals surface area contributed by atoms with Crippen LogP contribution in [0.2, 0.25) is 0 Å². The number of rotatable bonds is 2. The molecule has 0 saturated heterocycles. The van der Waals surface area contributed by atoms with Crippen molar-refractivity contribution in [3.05, 3.63) is 62.7 Å². The Morgan fingerprint density at radius 2 is 2.00 bits per heavy atom. The van der Waals surface area contributed by atoms with Crippen LogP contribution in [-0.2, 0) is 0 Å². The van der Waals surface area contributed by atoms with Crippen LogP contribution in [0.4, 0.5) is 4.39 Å². The first kappa shape index (κ1) is 11.8. The van der Waals surface area contributed by atoms with Crippen LogP contribution in [0, 0.1) is 5.82 Å². The molecule has 0 saturated carbocycles. The second-order valence-electron chi connectivity index (χ2n) is 3.45. The molecule has 0 unspecified atom stereocenters. The van der Waals surface area contributed by atoms with Crippen molar-refractivity contribution in [1.82, 2.24) is 9.55 Å². The molecule has 0 fully saturated rings. The number of carbonyl (C=O) groups is 1. The van der Waals surface area contributed by atoms with E-state index < -0.39 is 23.0 Å². The number of nitrogens with one attached hydrogen (secondary N) is 1. The third kappa shape index (κ3) is 2.05. The lowest BCUT2D eigenvalue weighted by atomic mass is 10.1. The Balaban J connectivity index is 2.77. The lowest BCUT2D eigenvalue weighted by Crippen LogP contribution is -2.28. The minimum Gasteiger partial charge on any atom is -0.478 e. The van der Waals surface area contributed by atoms with E-state index in [1.54, 1.807) is 0 Å². The Morgan fingerprint density at radius 1 is 1.28 bits per heavy atom. The molecule has 18 heavy (non-hydrogen) atoms. The van der Waals surface area contributed by atoms with Gasteiger partial charge >= 0.3 is 11.7 Å². The highest BCUT2D eigenvalue weighted by Crippen LogP contribution is 2.14. The van der Waals surface area contributed by atoms with E-state index in [4.69, 9.17) is 5.11 Å². The van der Waals surface area contributed by atoms with Crippen molar-refractivity contribution in [2.24, 2.45) is 0 Å². The van der Waals surface area contributed by atoms with E-state index in [1.165, 1.54) is 0 Å². The molecule has 1 aromatic carbocycles. The molecule has 2 rings (SSSR count). The number of nitrogens with zero attached hydrogens (tertiary/aromatic N) is 1. The Morgan fingerprint density at radius 3 is 2.61 bits per heavy atom.